The molecule has 10 heteroatoms. The zero-order chi connectivity index (χ0) is 18.7. The standard InChI is InChI=1S/C16H21N3O5S2/c20-14(17-18-15(21)12-5-9-26(23,24)10-12)11-3-6-19(7-4-11)16(22)13-2-1-8-25-13/h1-2,8,11-12H,3-7,9-10H2,(H,17,20)(H,18,21)/t12-/m0/s1. The van der Waals surface area contributed by atoms with Gasteiger partial charge < -0.3 is 4.90 Å². The number of piperidine rings is 1. The summed E-state index contributed by atoms with van der Waals surface area (Å²) in [6.07, 6.45) is 1.33. The lowest BCUT2D eigenvalue weighted by atomic mass is 9.96. The Kier molecular flexibility index (Phi) is 5.61. The Morgan fingerprint density at radius 1 is 1.04 bits per heavy atom. The van der Waals surface area contributed by atoms with Crippen LogP contribution in [0.4, 0.5) is 0 Å². The summed E-state index contributed by atoms with van der Waals surface area (Å²) in [5.74, 6) is -1.84. The third-order valence-electron chi connectivity index (χ3n) is 4.80. The number of carbonyl (C=O) groups excluding carboxylic acids is 3. The van der Waals surface area contributed by atoms with E-state index in [0.29, 0.717) is 30.8 Å². The first-order valence-corrected chi connectivity index (χ1v) is 11.2. The van der Waals surface area contributed by atoms with Gasteiger partial charge in [0.1, 0.15) is 0 Å². The molecule has 8 nitrogen and oxygen atoms in total. The maximum absolute atomic E-state index is 12.3. The molecule has 26 heavy (non-hydrogen) atoms. The number of thiophene rings is 1. The largest absolute Gasteiger partial charge is 0.338 e. The van der Waals surface area contributed by atoms with E-state index in [1.807, 2.05) is 11.4 Å². The van der Waals surface area contributed by atoms with Crippen LogP contribution in [0.15, 0.2) is 17.5 Å². The van der Waals surface area contributed by atoms with Gasteiger partial charge in [-0.25, -0.2) is 8.42 Å². The smallest absolute Gasteiger partial charge is 0.263 e. The van der Waals surface area contributed by atoms with E-state index in [0.717, 1.165) is 0 Å². The van der Waals surface area contributed by atoms with Gasteiger partial charge in [0, 0.05) is 19.0 Å². The Bertz CT molecular complexity index is 783. The molecular formula is C16H21N3O5S2. The minimum atomic E-state index is -3.14. The number of carbonyl (C=O) groups is 3. The molecule has 3 rings (SSSR count). The predicted octanol–water partition coefficient (Wildman–Crippen LogP) is 0.182. The number of amides is 3. The van der Waals surface area contributed by atoms with Gasteiger partial charge in [-0.05, 0) is 30.7 Å². The van der Waals surface area contributed by atoms with Crippen molar-refractivity contribution in [2.75, 3.05) is 24.6 Å². The van der Waals surface area contributed by atoms with Crippen LogP contribution in [0.5, 0.6) is 0 Å². The quantitative estimate of drug-likeness (QED) is 0.704. The molecule has 0 unspecified atom stereocenters. The summed E-state index contributed by atoms with van der Waals surface area (Å²) in [5, 5.41) is 1.85. The van der Waals surface area contributed by atoms with Crippen LogP contribution in [-0.2, 0) is 19.4 Å². The highest BCUT2D eigenvalue weighted by molar-refractivity contribution is 7.91. The van der Waals surface area contributed by atoms with E-state index in [2.05, 4.69) is 10.9 Å². The van der Waals surface area contributed by atoms with Gasteiger partial charge in [0.2, 0.25) is 11.8 Å². The molecule has 2 fully saturated rings. The van der Waals surface area contributed by atoms with Crippen molar-refractivity contribution in [3.05, 3.63) is 22.4 Å². The molecule has 0 bridgehead atoms. The van der Waals surface area contributed by atoms with Crippen molar-refractivity contribution in [1.29, 1.82) is 0 Å². The summed E-state index contributed by atoms with van der Waals surface area (Å²) in [6, 6.07) is 3.61. The van der Waals surface area contributed by atoms with Gasteiger partial charge in [-0.3, -0.25) is 25.2 Å². The van der Waals surface area contributed by atoms with Gasteiger partial charge in [-0.15, -0.1) is 11.3 Å². The maximum Gasteiger partial charge on any atom is 0.263 e. The highest BCUT2D eigenvalue weighted by Crippen LogP contribution is 2.21. The van der Waals surface area contributed by atoms with Crippen molar-refractivity contribution in [2.24, 2.45) is 11.8 Å². The summed E-state index contributed by atoms with van der Waals surface area (Å²) in [4.78, 5) is 38.9. The van der Waals surface area contributed by atoms with E-state index < -0.39 is 21.7 Å². The average molecular weight is 399 g/mol. The number of likely N-dealkylation sites (tertiary alicyclic amines) is 1. The number of nitrogens with zero attached hydrogens (tertiary/aromatic N) is 1. The number of hydrogen-bond acceptors (Lipinski definition) is 6. The Balaban J connectivity index is 1.42. The lowest BCUT2D eigenvalue weighted by Crippen LogP contribution is -2.49. The summed E-state index contributed by atoms with van der Waals surface area (Å²) >= 11 is 1.39. The Labute approximate surface area is 155 Å². The summed E-state index contributed by atoms with van der Waals surface area (Å²) < 4.78 is 22.8. The first-order valence-electron chi connectivity index (χ1n) is 8.48. The first-order chi connectivity index (χ1) is 12.4. The molecule has 0 aliphatic carbocycles. The molecule has 3 amide bonds. The van der Waals surface area contributed by atoms with Crippen LogP contribution in [0, 0.1) is 11.8 Å². The van der Waals surface area contributed by atoms with Crippen molar-refractivity contribution < 1.29 is 22.8 Å². The highest BCUT2D eigenvalue weighted by atomic mass is 32.2. The second kappa shape index (κ2) is 7.75. The molecule has 0 spiro atoms. The summed E-state index contributed by atoms with van der Waals surface area (Å²) in [5.41, 5.74) is 4.73. The van der Waals surface area contributed by atoms with Crippen LogP contribution in [0.2, 0.25) is 0 Å². The van der Waals surface area contributed by atoms with Crippen LogP contribution in [0.3, 0.4) is 0 Å². The van der Waals surface area contributed by atoms with Gasteiger partial charge in [0.15, 0.2) is 9.84 Å². The molecule has 0 radical (unpaired) electrons. The van der Waals surface area contributed by atoms with Crippen LogP contribution in [0.1, 0.15) is 28.9 Å². The van der Waals surface area contributed by atoms with Crippen molar-refractivity contribution in [3.63, 3.8) is 0 Å². The Morgan fingerprint density at radius 2 is 1.69 bits per heavy atom. The lowest BCUT2D eigenvalue weighted by molar-refractivity contribution is -0.133. The third-order valence-corrected chi connectivity index (χ3v) is 7.42. The Morgan fingerprint density at radius 3 is 2.23 bits per heavy atom. The first kappa shape index (κ1) is 18.8. The Hall–Kier alpha value is -1.94. The zero-order valence-electron chi connectivity index (χ0n) is 14.1. The predicted molar refractivity (Wildman–Crippen MR) is 96.0 cm³/mol. The minimum absolute atomic E-state index is 0.00968. The second-order valence-corrected chi connectivity index (χ2v) is 9.80. The fraction of sp³-hybridized carbons (Fsp3) is 0.562. The maximum atomic E-state index is 12.3. The molecule has 3 heterocycles. The molecule has 2 N–H and O–H groups in total. The fourth-order valence-electron chi connectivity index (χ4n) is 3.23. The van der Waals surface area contributed by atoms with E-state index in [1.165, 1.54) is 11.3 Å². The normalized spacial score (nSPS) is 22.8. The van der Waals surface area contributed by atoms with Gasteiger partial charge >= 0.3 is 0 Å². The fourth-order valence-corrected chi connectivity index (χ4v) is 5.66. The van der Waals surface area contributed by atoms with Gasteiger partial charge in [-0.2, -0.15) is 0 Å². The molecule has 1 aromatic rings. The average Bonchev–Trinajstić information content (AvgIpc) is 3.28. The monoisotopic (exact) mass is 399 g/mol. The second-order valence-electron chi connectivity index (χ2n) is 6.62. The van der Waals surface area contributed by atoms with Crippen LogP contribution in [0.25, 0.3) is 0 Å². The van der Waals surface area contributed by atoms with E-state index in [1.54, 1.807) is 11.0 Å². The van der Waals surface area contributed by atoms with Crippen molar-refractivity contribution in [1.82, 2.24) is 15.8 Å². The molecule has 0 aromatic carbocycles. The van der Waals surface area contributed by atoms with Crippen molar-refractivity contribution in [2.45, 2.75) is 19.3 Å². The van der Waals surface area contributed by atoms with Crippen LogP contribution in [-0.4, -0.2) is 55.6 Å². The lowest BCUT2D eigenvalue weighted by Gasteiger charge is -2.31. The number of sulfone groups is 1. The molecule has 2 saturated heterocycles. The van der Waals surface area contributed by atoms with E-state index in [-0.39, 0.29) is 35.7 Å². The van der Waals surface area contributed by atoms with Crippen LogP contribution >= 0.6 is 11.3 Å². The number of hydrogen-bond donors (Lipinski definition) is 2. The summed E-state index contributed by atoms with van der Waals surface area (Å²) in [6.45, 7) is 0.979. The molecule has 2 aliphatic rings. The highest BCUT2D eigenvalue weighted by Gasteiger charge is 2.34. The zero-order valence-corrected chi connectivity index (χ0v) is 15.8. The van der Waals surface area contributed by atoms with E-state index >= 15 is 0 Å². The topological polar surface area (TPSA) is 113 Å². The molecule has 1 aromatic heterocycles. The van der Waals surface area contributed by atoms with E-state index in [9.17, 15) is 22.8 Å². The molecule has 0 saturated carbocycles. The number of hydrazine groups is 1. The third kappa shape index (κ3) is 4.42. The molecule has 1 atom stereocenters. The molecule has 142 valence electrons. The van der Waals surface area contributed by atoms with Gasteiger partial charge in [0.05, 0.1) is 22.3 Å². The number of nitrogens with one attached hydrogen (secondary N) is 2. The van der Waals surface area contributed by atoms with Gasteiger partial charge in [0.25, 0.3) is 5.91 Å². The molecule has 2 aliphatic heterocycles. The molecular weight excluding hydrogens is 378 g/mol. The van der Waals surface area contributed by atoms with Crippen LogP contribution < -0.4 is 10.9 Å². The number of rotatable bonds is 3. The minimum Gasteiger partial charge on any atom is -0.338 e. The van der Waals surface area contributed by atoms with Gasteiger partial charge in [-0.1, -0.05) is 6.07 Å². The van der Waals surface area contributed by atoms with Crippen molar-refractivity contribution in [3.8, 4) is 0 Å². The SMILES string of the molecule is O=C(NNC(=O)[C@H]1CCS(=O)(=O)C1)C1CCN(C(=O)c2cccs2)CC1. The van der Waals surface area contributed by atoms with E-state index in [4.69, 9.17) is 0 Å². The van der Waals surface area contributed by atoms with Crippen molar-refractivity contribution >= 4 is 38.9 Å². The summed E-state index contributed by atoms with van der Waals surface area (Å²) in [7, 11) is -3.14.